The average Bonchev–Trinajstić information content (AvgIpc) is 3.23. The van der Waals surface area contributed by atoms with Crippen LogP contribution < -0.4 is 0 Å². The third-order valence-electron chi connectivity index (χ3n) is 8.00. The molecule has 37 heteroatoms. The number of alkyl halides is 16. The van der Waals surface area contributed by atoms with Crippen molar-refractivity contribution in [2.24, 2.45) is 0 Å². The quantitative estimate of drug-likeness (QED) is 0.0290. The molecule has 5 unspecified atom stereocenters. The van der Waals surface area contributed by atoms with Gasteiger partial charge in [0.15, 0.2) is 0 Å². The molecule has 21 nitrogen and oxygen atoms in total. The molecule has 73 heavy (non-hydrogen) atoms. The zero-order valence-electron chi connectivity index (χ0n) is 37.9. The van der Waals surface area contributed by atoms with Crippen molar-refractivity contribution < 1.29 is 172 Å². The number of halogens is 16. The lowest BCUT2D eigenvalue weighted by Crippen LogP contribution is -2.44. The van der Waals surface area contributed by atoms with Gasteiger partial charge in [-0.1, -0.05) is 0 Å². The lowest BCUT2D eigenvalue weighted by molar-refractivity contribution is -0.519. The van der Waals surface area contributed by atoms with Gasteiger partial charge in [-0.25, -0.2) is 18.9 Å². The molecule has 1 rings (SSSR count). The Bertz CT molecular complexity index is 1380. The molecule has 0 aromatic carbocycles. The van der Waals surface area contributed by atoms with E-state index in [1.165, 1.54) is 0 Å². The fourth-order valence-corrected chi connectivity index (χ4v) is 5.35. The van der Waals surface area contributed by atoms with Crippen molar-refractivity contribution in [1.29, 1.82) is 0 Å². The second kappa shape index (κ2) is 32.7. The van der Waals surface area contributed by atoms with Crippen LogP contribution in [-0.2, 0) is 71.1 Å². The van der Waals surface area contributed by atoms with Crippen molar-refractivity contribution in [2.75, 3.05) is 126 Å². The summed E-state index contributed by atoms with van der Waals surface area (Å²) < 4.78 is 280. The first-order valence-electron chi connectivity index (χ1n) is 20.9. The topological polar surface area (TPSA) is 260 Å². The third kappa shape index (κ3) is 35.2. The van der Waals surface area contributed by atoms with Crippen LogP contribution in [0.2, 0.25) is 0 Å². The fourth-order valence-electron chi connectivity index (χ4n) is 5.35. The van der Waals surface area contributed by atoms with E-state index in [1.54, 1.807) is 0 Å². The van der Waals surface area contributed by atoms with Crippen molar-refractivity contribution >= 4 is 0 Å². The molecular weight excluding hydrogens is 1070 g/mol. The molecule has 5 atom stereocenters. The van der Waals surface area contributed by atoms with E-state index in [9.17, 15) is 85.6 Å². The number of aliphatic hydroxyl groups is 6. The predicted octanol–water partition coefficient (Wildman–Crippen LogP) is 2.20. The SMILES string of the molecule is OCCOCC(F)(F)OC(F)(F)OC(F)(F)COCC(O)COC1CC(OCC(O)COCCOCOCC(F)(F)OC(F)(F)CO)CC(OCC(O)COCC(F)(F)OC(F)(F)OC(F)(F)COCCO)C1. The fraction of sp³-hybridized carbons (Fsp3) is 1.00. The molecule has 438 valence electrons. The normalized spacial score (nSPS) is 19.4. The Morgan fingerprint density at radius 3 is 0.986 bits per heavy atom. The van der Waals surface area contributed by atoms with Gasteiger partial charge in [-0.3, -0.25) is 4.74 Å². The van der Waals surface area contributed by atoms with Gasteiger partial charge in [-0.05, 0) is 19.3 Å². The van der Waals surface area contributed by atoms with E-state index in [0.717, 1.165) is 0 Å². The monoisotopic (exact) mass is 1130 g/mol. The van der Waals surface area contributed by atoms with E-state index in [0.29, 0.717) is 0 Å². The Morgan fingerprint density at radius 1 is 0.342 bits per heavy atom. The largest absolute Gasteiger partial charge is 0.495 e. The lowest BCUT2D eigenvalue weighted by Gasteiger charge is -2.35. The maximum absolute atomic E-state index is 14.0. The molecular formula is C36H56F16O21. The Balaban J connectivity index is 2.77. The van der Waals surface area contributed by atoms with E-state index >= 15 is 0 Å². The van der Waals surface area contributed by atoms with Crippen LogP contribution in [-0.4, -0.2) is 242 Å². The first kappa shape index (κ1) is 69.1. The lowest BCUT2D eigenvalue weighted by atomic mass is 9.92. The summed E-state index contributed by atoms with van der Waals surface area (Å²) in [5, 5.41) is 56.1. The second-order valence-corrected chi connectivity index (χ2v) is 15.0. The maximum Gasteiger partial charge on any atom is 0.495 e. The molecule has 1 aliphatic carbocycles. The molecule has 0 saturated heterocycles. The first-order valence-corrected chi connectivity index (χ1v) is 20.9. The average molecular weight is 1130 g/mol. The zero-order chi connectivity index (χ0) is 55.6. The minimum atomic E-state index is -5.61. The summed E-state index contributed by atoms with van der Waals surface area (Å²) in [5.74, 6) is 0. The molecule has 0 radical (unpaired) electrons. The van der Waals surface area contributed by atoms with Crippen LogP contribution in [0.1, 0.15) is 19.3 Å². The van der Waals surface area contributed by atoms with Crippen LogP contribution in [0.3, 0.4) is 0 Å². The molecule has 0 amide bonds. The van der Waals surface area contributed by atoms with Gasteiger partial charge in [0.05, 0.1) is 97.6 Å². The van der Waals surface area contributed by atoms with Crippen LogP contribution in [0.5, 0.6) is 0 Å². The third-order valence-corrected chi connectivity index (χ3v) is 8.00. The molecule has 0 aliphatic heterocycles. The molecule has 0 heterocycles. The van der Waals surface area contributed by atoms with Gasteiger partial charge >= 0.3 is 49.2 Å². The summed E-state index contributed by atoms with van der Waals surface area (Å²) in [6.45, 7) is -20.6. The van der Waals surface area contributed by atoms with Crippen LogP contribution in [0.15, 0.2) is 0 Å². The number of aliphatic hydroxyl groups excluding tert-OH is 6. The Hall–Kier alpha value is -1.96. The molecule has 1 fully saturated rings. The Morgan fingerprint density at radius 2 is 0.644 bits per heavy atom. The zero-order valence-corrected chi connectivity index (χ0v) is 37.9. The number of hydrogen-bond donors (Lipinski definition) is 6. The predicted molar refractivity (Wildman–Crippen MR) is 198 cm³/mol. The molecule has 1 saturated carbocycles. The summed E-state index contributed by atoms with van der Waals surface area (Å²) >= 11 is 0. The van der Waals surface area contributed by atoms with Gasteiger partial charge in [0.2, 0.25) is 0 Å². The summed E-state index contributed by atoms with van der Waals surface area (Å²) in [6, 6.07) is 0. The Labute approximate surface area is 403 Å². The van der Waals surface area contributed by atoms with Gasteiger partial charge < -0.3 is 78.0 Å². The summed E-state index contributed by atoms with van der Waals surface area (Å²) in [4.78, 5) is 0. The van der Waals surface area contributed by atoms with Crippen molar-refractivity contribution in [3.8, 4) is 0 Å². The highest BCUT2D eigenvalue weighted by molar-refractivity contribution is 4.82. The van der Waals surface area contributed by atoms with Crippen LogP contribution in [0, 0.1) is 0 Å². The molecule has 0 bridgehead atoms. The van der Waals surface area contributed by atoms with Gasteiger partial charge in [0, 0.05) is 0 Å². The highest BCUT2D eigenvalue weighted by atomic mass is 19.3. The first-order chi connectivity index (χ1) is 33.6. The molecule has 6 N–H and O–H groups in total. The van der Waals surface area contributed by atoms with Crippen LogP contribution >= 0.6 is 0 Å². The van der Waals surface area contributed by atoms with Crippen LogP contribution in [0.25, 0.3) is 0 Å². The molecule has 1 aliphatic rings. The van der Waals surface area contributed by atoms with E-state index in [-0.39, 0.29) is 32.5 Å². The standard InChI is InChI=1S/C36H56F16O21/c37-29(38,16-55)69-30(39,40)21-65-22-62-6-5-59-10-23(56)13-66-26-7-27(67-14-24(57)11-63-19-33(45,46)72-35(49,50)70-31(41,42)17-60-3-1-53)9-28(8-26)68-15-25(58)12-64-20-34(47,48)73-36(51,52)71-32(43,44)18-61-4-2-54/h23-28,53-58H,1-22H2. The van der Waals surface area contributed by atoms with Crippen LogP contribution in [0.4, 0.5) is 70.2 Å². The van der Waals surface area contributed by atoms with Crippen molar-refractivity contribution in [1.82, 2.24) is 0 Å². The van der Waals surface area contributed by atoms with Gasteiger partial charge in [0.1, 0.15) is 64.7 Å². The van der Waals surface area contributed by atoms with E-state index in [4.69, 9.17) is 39.0 Å². The van der Waals surface area contributed by atoms with Crippen molar-refractivity contribution in [3.05, 3.63) is 0 Å². The van der Waals surface area contributed by atoms with Crippen molar-refractivity contribution in [2.45, 2.75) is 105 Å². The van der Waals surface area contributed by atoms with Gasteiger partial charge in [-0.2, -0.15) is 52.7 Å². The Kier molecular flexibility index (Phi) is 30.9. The number of ether oxygens (including phenoxy) is 15. The van der Waals surface area contributed by atoms with E-state index in [1.807, 2.05) is 0 Å². The van der Waals surface area contributed by atoms with E-state index < -0.39 is 198 Å². The molecule has 0 aromatic rings. The summed E-state index contributed by atoms with van der Waals surface area (Å²) in [6.07, 6.45) is -48.2. The summed E-state index contributed by atoms with van der Waals surface area (Å²) in [5.41, 5.74) is 0. The minimum absolute atomic E-state index is 0.0794. The smallest absolute Gasteiger partial charge is 0.394 e. The number of hydrogen-bond acceptors (Lipinski definition) is 21. The van der Waals surface area contributed by atoms with E-state index in [2.05, 4.69) is 47.4 Å². The van der Waals surface area contributed by atoms with Gasteiger partial charge in [-0.15, -0.1) is 17.6 Å². The summed E-state index contributed by atoms with van der Waals surface area (Å²) in [7, 11) is 0. The molecule has 0 aromatic heterocycles. The second-order valence-electron chi connectivity index (χ2n) is 15.0. The van der Waals surface area contributed by atoms with Gasteiger partial charge in [0.25, 0.3) is 0 Å². The number of rotatable bonds is 45. The highest BCUT2D eigenvalue weighted by Gasteiger charge is 2.54. The maximum atomic E-state index is 14.0. The highest BCUT2D eigenvalue weighted by Crippen LogP contribution is 2.36. The molecule has 0 spiro atoms. The minimum Gasteiger partial charge on any atom is -0.394 e. The van der Waals surface area contributed by atoms with Crippen molar-refractivity contribution in [3.63, 3.8) is 0 Å².